The van der Waals surface area contributed by atoms with Crippen molar-refractivity contribution in [2.45, 2.75) is 57.7 Å². The molecule has 39 heavy (non-hydrogen) atoms. The fourth-order valence-electron chi connectivity index (χ4n) is 4.02. The Bertz CT molecular complexity index is 1350. The number of carbonyl (C=O) groups is 1. The summed E-state index contributed by atoms with van der Waals surface area (Å²) in [5.41, 5.74) is 1.82. The number of carboxylic acids is 1. The summed E-state index contributed by atoms with van der Waals surface area (Å²) in [5.74, 6) is -0.325. The third-order valence-corrected chi connectivity index (χ3v) is 8.75. The molecule has 0 bridgehead atoms. The number of aryl methyl sites for hydroxylation is 1. The lowest BCUT2D eigenvalue weighted by molar-refractivity contribution is -0.223. The number of hydrogen-bond donors (Lipinski definition) is 2. The molecule has 12 heteroatoms. The second kappa shape index (κ2) is 10.9. The van der Waals surface area contributed by atoms with Gasteiger partial charge in [0.05, 0.1) is 16.9 Å². The lowest BCUT2D eigenvalue weighted by Gasteiger charge is -2.22. The van der Waals surface area contributed by atoms with Crippen molar-refractivity contribution in [3.8, 4) is 28.4 Å². The summed E-state index contributed by atoms with van der Waals surface area (Å²) in [5, 5.41) is 9.61. The van der Waals surface area contributed by atoms with Crippen molar-refractivity contribution in [2.24, 2.45) is 5.41 Å². The quantitative estimate of drug-likeness (QED) is 0.231. The Hall–Kier alpha value is -2.89. The predicted molar refractivity (Wildman–Crippen MR) is 145 cm³/mol. The minimum absolute atomic E-state index is 0.0152. The van der Waals surface area contributed by atoms with E-state index in [0.29, 0.717) is 35.4 Å². The van der Waals surface area contributed by atoms with Crippen LogP contribution in [0.5, 0.6) is 5.88 Å². The number of aliphatic carboxylic acids is 1. The number of ether oxygens (including phenoxy) is 2. The van der Waals surface area contributed by atoms with Crippen molar-refractivity contribution in [2.75, 3.05) is 13.2 Å². The van der Waals surface area contributed by atoms with Crippen LogP contribution < -0.4 is 4.74 Å². The molecule has 2 heterocycles. The van der Waals surface area contributed by atoms with E-state index >= 15 is 0 Å². The van der Waals surface area contributed by atoms with Gasteiger partial charge in [0.25, 0.3) is 0 Å². The molecule has 0 radical (unpaired) electrons. The van der Waals surface area contributed by atoms with Gasteiger partial charge < -0.3 is 19.6 Å². The van der Waals surface area contributed by atoms with E-state index < -0.39 is 31.7 Å². The topological polar surface area (TPSA) is 97.3 Å². The number of nitrogens with one attached hydrogen (secondary N) is 1. The molecular weight excluding hydrogens is 551 g/mol. The minimum Gasteiger partial charge on any atom is -0.481 e. The summed E-state index contributed by atoms with van der Waals surface area (Å²) >= 11 is 6.54. The maximum Gasteiger partial charge on any atom is 0.420 e. The molecule has 1 aliphatic rings. The van der Waals surface area contributed by atoms with Crippen molar-refractivity contribution in [3.63, 3.8) is 0 Å². The summed E-state index contributed by atoms with van der Waals surface area (Å²) in [6.07, 6.45) is -2.77. The van der Waals surface area contributed by atoms with Crippen LogP contribution in [0.15, 0.2) is 36.7 Å². The van der Waals surface area contributed by atoms with Crippen molar-refractivity contribution < 1.29 is 32.5 Å². The van der Waals surface area contributed by atoms with Gasteiger partial charge in [0.1, 0.15) is 17.8 Å². The smallest absolute Gasteiger partial charge is 0.420 e. The lowest BCUT2D eigenvalue weighted by atomic mass is 10.0. The molecule has 1 aromatic carbocycles. The minimum atomic E-state index is -4.59. The van der Waals surface area contributed by atoms with Crippen LogP contribution in [0.25, 0.3) is 22.5 Å². The van der Waals surface area contributed by atoms with E-state index in [1.165, 1.54) is 0 Å². The molecule has 0 saturated heterocycles. The molecule has 2 aromatic heterocycles. The second-order valence-electron chi connectivity index (χ2n) is 11.2. The number of halogens is 4. The van der Waals surface area contributed by atoms with Crippen LogP contribution in [-0.4, -0.2) is 53.5 Å². The van der Waals surface area contributed by atoms with Gasteiger partial charge in [-0.15, -0.1) is 0 Å². The second-order valence-corrected chi connectivity index (χ2v) is 17.2. The number of imidazole rings is 1. The number of hydrogen-bond acceptors (Lipinski definition) is 5. The summed E-state index contributed by atoms with van der Waals surface area (Å²) in [6, 6.07) is 7.50. The Balaban J connectivity index is 1.49. The zero-order valence-electron chi connectivity index (χ0n) is 22.2. The monoisotopic (exact) mass is 581 g/mol. The number of rotatable bonds is 11. The van der Waals surface area contributed by atoms with Gasteiger partial charge in [-0.05, 0) is 49.1 Å². The van der Waals surface area contributed by atoms with Crippen molar-refractivity contribution in [1.29, 1.82) is 0 Å². The molecule has 1 fully saturated rings. The average molecular weight is 582 g/mol. The van der Waals surface area contributed by atoms with Crippen LogP contribution >= 0.6 is 11.6 Å². The molecule has 4 rings (SSSR count). The van der Waals surface area contributed by atoms with Crippen molar-refractivity contribution >= 4 is 25.6 Å². The van der Waals surface area contributed by atoms with Gasteiger partial charge in [0.15, 0.2) is 6.10 Å². The number of H-pyrrole nitrogens is 1. The number of aromatic amines is 1. The highest BCUT2D eigenvalue weighted by molar-refractivity contribution is 6.76. The van der Waals surface area contributed by atoms with Crippen molar-refractivity contribution in [1.82, 2.24) is 15.0 Å². The highest BCUT2D eigenvalue weighted by Gasteiger charge is 2.51. The van der Waals surface area contributed by atoms with Gasteiger partial charge >= 0.3 is 12.1 Å². The van der Waals surface area contributed by atoms with Crippen LogP contribution in [0.2, 0.25) is 30.7 Å². The maximum absolute atomic E-state index is 13.7. The summed E-state index contributed by atoms with van der Waals surface area (Å²) in [4.78, 5) is 22.5. The summed E-state index contributed by atoms with van der Waals surface area (Å²) < 4.78 is 52.1. The number of benzene rings is 1. The third-order valence-electron chi connectivity index (χ3n) is 6.74. The summed E-state index contributed by atoms with van der Waals surface area (Å²) in [7, 11) is -1.56. The number of pyridine rings is 1. The molecule has 2 N–H and O–H groups in total. The van der Waals surface area contributed by atoms with Gasteiger partial charge in [-0.2, -0.15) is 13.2 Å². The zero-order chi connectivity index (χ0) is 28.6. The molecule has 7 nitrogen and oxygen atoms in total. The Morgan fingerprint density at radius 2 is 1.90 bits per heavy atom. The molecule has 1 saturated carbocycles. The molecular formula is C27H31ClF3N3O4Si. The lowest BCUT2D eigenvalue weighted by Crippen LogP contribution is -2.27. The van der Waals surface area contributed by atoms with Gasteiger partial charge in [-0.25, -0.2) is 9.97 Å². The number of alkyl halides is 3. The highest BCUT2D eigenvalue weighted by Crippen LogP contribution is 2.46. The van der Waals surface area contributed by atoms with E-state index in [1.807, 2.05) is 6.92 Å². The number of carboxylic acid groups (broad SMARTS) is 1. The Morgan fingerprint density at radius 1 is 1.18 bits per heavy atom. The highest BCUT2D eigenvalue weighted by atomic mass is 35.5. The van der Waals surface area contributed by atoms with Crippen LogP contribution in [0, 0.1) is 12.3 Å². The zero-order valence-corrected chi connectivity index (χ0v) is 23.9. The fraction of sp³-hybridized carbons (Fsp3) is 0.444. The van der Waals surface area contributed by atoms with Crippen LogP contribution in [0.3, 0.4) is 0 Å². The Labute approximate surface area is 230 Å². The molecule has 3 aromatic rings. The first-order valence-electron chi connectivity index (χ1n) is 12.5. The number of nitrogens with zero attached hydrogens (tertiary/aromatic N) is 2. The van der Waals surface area contributed by atoms with E-state index in [1.54, 1.807) is 30.5 Å². The van der Waals surface area contributed by atoms with Crippen LogP contribution in [0.4, 0.5) is 13.2 Å². The van der Waals surface area contributed by atoms with Crippen molar-refractivity contribution in [3.05, 3.63) is 52.9 Å². The molecule has 1 atom stereocenters. The van der Waals surface area contributed by atoms with E-state index in [2.05, 4.69) is 34.6 Å². The molecule has 1 unspecified atom stereocenters. The molecule has 0 aliphatic heterocycles. The third kappa shape index (κ3) is 7.01. The van der Waals surface area contributed by atoms with Crippen LogP contribution in [-0.2, 0) is 9.53 Å². The first-order chi connectivity index (χ1) is 18.2. The van der Waals surface area contributed by atoms with E-state index in [0.717, 1.165) is 22.9 Å². The number of aromatic nitrogens is 3. The molecule has 0 spiro atoms. The maximum atomic E-state index is 13.7. The van der Waals surface area contributed by atoms with E-state index in [4.69, 9.17) is 21.1 Å². The van der Waals surface area contributed by atoms with Gasteiger partial charge in [-0.3, -0.25) is 4.79 Å². The molecule has 0 amide bonds. The van der Waals surface area contributed by atoms with Crippen LogP contribution in [0.1, 0.15) is 30.2 Å². The van der Waals surface area contributed by atoms with Gasteiger partial charge in [-0.1, -0.05) is 37.3 Å². The van der Waals surface area contributed by atoms with E-state index in [-0.39, 0.29) is 24.7 Å². The first kappa shape index (κ1) is 29.1. The first-order valence-corrected chi connectivity index (χ1v) is 16.6. The molecule has 210 valence electrons. The van der Waals surface area contributed by atoms with Gasteiger partial charge in [0, 0.05) is 38.1 Å². The Morgan fingerprint density at radius 3 is 2.46 bits per heavy atom. The summed E-state index contributed by atoms with van der Waals surface area (Å²) in [6.45, 7) is 8.17. The SMILES string of the molecule is Cc1cc(OCC2(C(=O)O)CC2)ncc1-c1ccc(-c2ncc(C(OCC[Si](C)(C)C)C(F)(F)F)[nH]2)c(Cl)c1. The standard InChI is InChI=1S/C27H31ClF3N3O4Si/c1-16-11-22(38-15-26(7-8-26)25(35)36)32-13-19(16)17-5-6-18(20(28)12-17)24-33-14-21(34-24)23(27(29,30)31)37-9-10-39(2,3)4/h5-6,11-14,23H,7-10,15H2,1-4H3,(H,33,34)(H,35,36). The predicted octanol–water partition coefficient (Wildman–Crippen LogP) is 7.30. The fourth-order valence-corrected chi connectivity index (χ4v) is 5.02. The van der Waals surface area contributed by atoms with Gasteiger partial charge in [0.2, 0.25) is 5.88 Å². The normalized spacial score (nSPS) is 15.7. The van der Waals surface area contributed by atoms with E-state index in [9.17, 15) is 23.1 Å². The largest absolute Gasteiger partial charge is 0.481 e. The molecule has 1 aliphatic carbocycles. The average Bonchev–Trinajstić information content (AvgIpc) is 3.49. The Kier molecular flexibility index (Phi) is 8.16.